The molecule has 0 saturated heterocycles. The Hall–Kier alpha value is -8.92. The SMILES string of the molecule is c1ccc(-c2ccc(N(c3ccc(-c4ccc5ccccc5c4)cc3)c3ccc(-c4ccc5c(c4)c4ccccc4n5-c4ccccc4)cc3)cc2-c2cccc3c2oc2ccccc23)cc1. The van der Waals surface area contributed by atoms with Gasteiger partial charge in [0.25, 0.3) is 0 Å². The minimum absolute atomic E-state index is 0.886. The molecule has 0 amide bonds. The number of anilines is 3. The van der Waals surface area contributed by atoms with Gasteiger partial charge in [-0.3, -0.25) is 0 Å². The lowest BCUT2D eigenvalue weighted by molar-refractivity contribution is 0.670. The van der Waals surface area contributed by atoms with E-state index in [9.17, 15) is 0 Å². The second-order valence-corrected chi connectivity index (χ2v) is 17.3. The molecule has 0 aliphatic heterocycles. The molecule has 0 bridgehead atoms. The topological polar surface area (TPSA) is 21.3 Å². The molecule has 0 radical (unpaired) electrons. The van der Waals surface area contributed by atoms with Crippen molar-refractivity contribution in [3.8, 4) is 50.2 Å². The maximum atomic E-state index is 6.69. The van der Waals surface area contributed by atoms with Gasteiger partial charge in [0.15, 0.2) is 0 Å². The zero-order valence-corrected chi connectivity index (χ0v) is 36.6. The highest BCUT2D eigenvalue weighted by Gasteiger charge is 2.21. The van der Waals surface area contributed by atoms with Crippen molar-refractivity contribution in [1.29, 1.82) is 0 Å². The molecule has 0 atom stereocenters. The fourth-order valence-corrected chi connectivity index (χ4v) is 10.2. The fourth-order valence-electron chi connectivity index (χ4n) is 10.2. The number of nitrogens with zero attached hydrogens (tertiary/aromatic N) is 2. The normalized spacial score (nSPS) is 11.6. The van der Waals surface area contributed by atoms with E-state index < -0.39 is 0 Å². The van der Waals surface area contributed by atoms with Gasteiger partial charge in [-0.2, -0.15) is 0 Å². The summed E-state index contributed by atoms with van der Waals surface area (Å²) in [4.78, 5) is 2.38. The van der Waals surface area contributed by atoms with E-state index in [0.717, 1.165) is 72.5 Å². The van der Waals surface area contributed by atoms with Gasteiger partial charge in [0, 0.05) is 49.9 Å². The predicted molar refractivity (Wildman–Crippen MR) is 282 cm³/mol. The minimum Gasteiger partial charge on any atom is -0.455 e. The van der Waals surface area contributed by atoms with Crippen molar-refractivity contribution in [2.24, 2.45) is 0 Å². The third-order valence-electron chi connectivity index (χ3n) is 13.4. The second-order valence-electron chi connectivity index (χ2n) is 17.3. The van der Waals surface area contributed by atoms with E-state index in [2.05, 4.69) is 258 Å². The number of para-hydroxylation sites is 4. The number of hydrogen-bond donors (Lipinski definition) is 0. The highest BCUT2D eigenvalue weighted by atomic mass is 16.3. The zero-order chi connectivity index (χ0) is 44.3. The number of hydrogen-bond acceptors (Lipinski definition) is 2. The van der Waals surface area contributed by atoms with Gasteiger partial charge < -0.3 is 13.9 Å². The standard InChI is InChI=1S/C64H42N2O/c1-3-15-46(16-4-1)54-38-37-53(42-59(54)58-23-13-22-57-56-21-10-12-25-63(56)67-64(57)58)65(51-33-28-44(29-34-51)48-27-26-43-14-7-8-17-47(43)40-48)52-35-30-45(31-36-52)49-32-39-62-60(41-49)55-20-9-11-24-61(55)66(62)50-18-5-2-6-19-50/h1-42H. The molecule has 13 aromatic rings. The average molecular weight is 855 g/mol. The number of aromatic nitrogens is 1. The van der Waals surface area contributed by atoms with Crippen LogP contribution in [-0.2, 0) is 0 Å². The number of fused-ring (bicyclic) bond motifs is 7. The van der Waals surface area contributed by atoms with Crippen LogP contribution in [0.25, 0.3) is 105 Å². The van der Waals surface area contributed by atoms with Crippen LogP contribution >= 0.6 is 0 Å². The third kappa shape index (κ3) is 6.67. The Morgan fingerprint density at radius 3 is 1.66 bits per heavy atom. The number of benzene rings is 11. The molecule has 0 unspecified atom stereocenters. The van der Waals surface area contributed by atoms with Crippen LogP contribution in [0.2, 0.25) is 0 Å². The quantitative estimate of drug-likeness (QED) is 0.152. The van der Waals surface area contributed by atoms with Crippen molar-refractivity contribution < 1.29 is 4.42 Å². The fraction of sp³-hybridized carbons (Fsp3) is 0. The van der Waals surface area contributed by atoms with Gasteiger partial charge >= 0.3 is 0 Å². The minimum atomic E-state index is 0.886. The largest absolute Gasteiger partial charge is 0.455 e. The summed E-state index contributed by atoms with van der Waals surface area (Å²) in [6.07, 6.45) is 0. The van der Waals surface area contributed by atoms with Crippen molar-refractivity contribution in [1.82, 2.24) is 4.57 Å². The molecule has 2 heterocycles. The highest BCUT2D eigenvalue weighted by Crippen LogP contribution is 2.45. The van der Waals surface area contributed by atoms with Crippen molar-refractivity contribution in [3.63, 3.8) is 0 Å². The van der Waals surface area contributed by atoms with E-state index >= 15 is 0 Å². The Morgan fingerprint density at radius 2 is 0.881 bits per heavy atom. The molecule has 3 heteroatoms. The molecule has 0 aliphatic carbocycles. The molecular weight excluding hydrogens is 813 g/mol. The van der Waals surface area contributed by atoms with Crippen LogP contribution in [0.15, 0.2) is 259 Å². The van der Waals surface area contributed by atoms with Gasteiger partial charge in [-0.1, -0.05) is 176 Å². The first-order chi connectivity index (χ1) is 33.2. The first kappa shape index (κ1) is 38.5. The summed E-state index contributed by atoms with van der Waals surface area (Å²) in [6.45, 7) is 0. The van der Waals surface area contributed by atoms with E-state index in [1.54, 1.807) is 0 Å². The molecule has 314 valence electrons. The molecular formula is C64H42N2O. The van der Waals surface area contributed by atoms with Crippen LogP contribution in [0, 0.1) is 0 Å². The molecule has 67 heavy (non-hydrogen) atoms. The lowest BCUT2D eigenvalue weighted by Crippen LogP contribution is -2.10. The molecule has 3 nitrogen and oxygen atoms in total. The monoisotopic (exact) mass is 854 g/mol. The summed E-state index contributed by atoms with van der Waals surface area (Å²) >= 11 is 0. The number of furan rings is 1. The molecule has 0 saturated carbocycles. The predicted octanol–water partition coefficient (Wildman–Crippen LogP) is 18.0. The molecule has 2 aromatic heterocycles. The van der Waals surface area contributed by atoms with Crippen LogP contribution in [-0.4, -0.2) is 4.57 Å². The maximum Gasteiger partial charge on any atom is 0.143 e. The van der Waals surface area contributed by atoms with Crippen molar-refractivity contribution >= 4 is 71.6 Å². The number of rotatable bonds is 8. The van der Waals surface area contributed by atoms with Crippen LogP contribution < -0.4 is 4.90 Å². The Balaban J connectivity index is 0.958. The smallest absolute Gasteiger partial charge is 0.143 e. The summed E-state index contributed by atoms with van der Waals surface area (Å²) in [6, 6.07) is 91.9. The Morgan fingerprint density at radius 1 is 0.299 bits per heavy atom. The van der Waals surface area contributed by atoms with Crippen molar-refractivity contribution in [3.05, 3.63) is 255 Å². The summed E-state index contributed by atoms with van der Waals surface area (Å²) < 4.78 is 9.06. The molecule has 0 aliphatic rings. The van der Waals surface area contributed by atoms with Crippen LogP contribution in [0.1, 0.15) is 0 Å². The molecule has 13 rings (SSSR count). The lowest BCUT2D eigenvalue weighted by Gasteiger charge is -2.27. The summed E-state index contributed by atoms with van der Waals surface area (Å²) in [5.41, 5.74) is 17.6. The average Bonchev–Trinajstić information content (AvgIpc) is 3.95. The van der Waals surface area contributed by atoms with Gasteiger partial charge in [0.05, 0.1) is 11.0 Å². The van der Waals surface area contributed by atoms with E-state index in [4.69, 9.17) is 4.42 Å². The molecule has 0 spiro atoms. The van der Waals surface area contributed by atoms with E-state index in [-0.39, 0.29) is 0 Å². The summed E-state index contributed by atoms with van der Waals surface area (Å²) in [7, 11) is 0. The van der Waals surface area contributed by atoms with Gasteiger partial charge in [-0.25, -0.2) is 0 Å². The molecule has 0 N–H and O–H groups in total. The summed E-state index contributed by atoms with van der Waals surface area (Å²) in [5.74, 6) is 0. The van der Waals surface area contributed by atoms with Crippen LogP contribution in [0.4, 0.5) is 17.1 Å². The molecule has 11 aromatic carbocycles. The van der Waals surface area contributed by atoms with Gasteiger partial charge in [-0.05, 0) is 129 Å². The first-order valence-corrected chi connectivity index (χ1v) is 22.9. The van der Waals surface area contributed by atoms with Crippen LogP contribution in [0.3, 0.4) is 0 Å². The van der Waals surface area contributed by atoms with Crippen LogP contribution in [0.5, 0.6) is 0 Å². The van der Waals surface area contributed by atoms with E-state index in [1.165, 1.54) is 49.3 Å². The van der Waals surface area contributed by atoms with Crippen molar-refractivity contribution in [2.75, 3.05) is 4.90 Å². The first-order valence-electron chi connectivity index (χ1n) is 22.9. The lowest BCUT2D eigenvalue weighted by atomic mass is 9.92. The maximum absolute atomic E-state index is 6.69. The molecule has 0 fully saturated rings. The van der Waals surface area contributed by atoms with E-state index in [0.29, 0.717) is 0 Å². The highest BCUT2D eigenvalue weighted by molar-refractivity contribution is 6.12. The van der Waals surface area contributed by atoms with Gasteiger partial charge in [0.2, 0.25) is 0 Å². The Bertz CT molecular complexity index is 3960. The van der Waals surface area contributed by atoms with Gasteiger partial charge in [-0.15, -0.1) is 0 Å². The third-order valence-corrected chi connectivity index (χ3v) is 13.4. The Kier molecular flexibility index (Phi) is 9.17. The Labute approximate surface area is 388 Å². The zero-order valence-electron chi connectivity index (χ0n) is 36.6. The van der Waals surface area contributed by atoms with Crippen molar-refractivity contribution in [2.45, 2.75) is 0 Å². The second kappa shape index (κ2) is 16.0. The summed E-state index contributed by atoms with van der Waals surface area (Å²) in [5, 5.41) is 7.18. The van der Waals surface area contributed by atoms with Gasteiger partial charge in [0.1, 0.15) is 11.2 Å². The van der Waals surface area contributed by atoms with E-state index in [1.807, 2.05) is 6.07 Å².